The second-order valence-corrected chi connectivity index (χ2v) is 11.3. The number of allylic oxidation sites excluding steroid dienone is 4. The van der Waals surface area contributed by atoms with E-state index in [1.807, 2.05) is 26.3 Å². The average molecular weight is 568 g/mol. The summed E-state index contributed by atoms with van der Waals surface area (Å²) in [5.74, 6) is 1.60. The monoisotopic (exact) mass is 567 g/mol. The molecule has 214 valence electrons. The minimum atomic E-state index is 0.406. The van der Waals surface area contributed by atoms with Crippen LogP contribution in [0.15, 0.2) is 87.6 Å². The van der Waals surface area contributed by atoms with Gasteiger partial charge in [0.15, 0.2) is 5.82 Å². The quantitative estimate of drug-likeness (QED) is 0.0591. The van der Waals surface area contributed by atoms with E-state index in [1.165, 1.54) is 27.0 Å². The van der Waals surface area contributed by atoms with Crippen molar-refractivity contribution in [2.24, 2.45) is 15.7 Å². The van der Waals surface area contributed by atoms with E-state index in [1.54, 1.807) is 17.4 Å². The molecular weight excluding hydrogens is 526 g/mol. The number of rotatable bonds is 12. The summed E-state index contributed by atoms with van der Waals surface area (Å²) in [6.45, 7) is 11.6. The minimum Gasteiger partial charge on any atom is -0.512 e. The fraction of sp³-hybridized carbons (Fsp3) is 0.324. The first-order chi connectivity index (χ1) is 19.8. The number of imidazole rings is 1. The van der Waals surface area contributed by atoms with Gasteiger partial charge in [-0.05, 0) is 63.3 Å². The molecule has 0 aliphatic rings. The second kappa shape index (κ2) is 14.1. The van der Waals surface area contributed by atoms with Crippen molar-refractivity contribution in [2.45, 2.75) is 66.8 Å². The van der Waals surface area contributed by atoms with Gasteiger partial charge in [0.1, 0.15) is 11.5 Å². The maximum Gasteiger partial charge on any atom is 0.164 e. The van der Waals surface area contributed by atoms with Crippen LogP contribution in [-0.4, -0.2) is 32.7 Å². The maximum absolute atomic E-state index is 9.76. The van der Waals surface area contributed by atoms with Gasteiger partial charge in [0.05, 0.1) is 24.3 Å². The Kier molecular flexibility index (Phi) is 10.3. The Bertz CT molecular complexity index is 1600. The molecule has 0 spiro atoms. The molecule has 0 bridgehead atoms. The summed E-state index contributed by atoms with van der Waals surface area (Å²) >= 11 is 1.68. The number of nitrogens with zero attached hydrogens (tertiary/aromatic N) is 4. The number of amidine groups is 1. The van der Waals surface area contributed by atoms with Crippen LogP contribution >= 0.6 is 11.3 Å². The molecule has 7 heteroatoms. The first kappa shape index (κ1) is 30.0. The number of thiophene rings is 1. The largest absolute Gasteiger partial charge is 0.512 e. The summed E-state index contributed by atoms with van der Waals surface area (Å²) in [4.78, 5) is 14.6. The van der Waals surface area contributed by atoms with Gasteiger partial charge < -0.3 is 15.4 Å². The molecule has 3 N–H and O–H groups in total. The summed E-state index contributed by atoms with van der Waals surface area (Å²) in [7, 11) is 0. The van der Waals surface area contributed by atoms with E-state index in [2.05, 4.69) is 73.2 Å². The third-order valence-corrected chi connectivity index (χ3v) is 8.22. The van der Waals surface area contributed by atoms with Crippen molar-refractivity contribution in [3.63, 3.8) is 0 Å². The van der Waals surface area contributed by atoms with E-state index < -0.39 is 0 Å². The van der Waals surface area contributed by atoms with Crippen LogP contribution in [0.4, 0.5) is 5.82 Å². The van der Waals surface area contributed by atoms with E-state index >= 15 is 0 Å². The van der Waals surface area contributed by atoms with Crippen molar-refractivity contribution < 1.29 is 5.11 Å². The Labute approximate surface area is 247 Å². The van der Waals surface area contributed by atoms with E-state index in [-0.39, 0.29) is 0 Å². The van der Waals surface area contributed by atoms with Crippen molar-refractivity contribution in [3.05, 3.63) is 106 Å². The Morgan fingerprint density at radius 1 is 1.07 bits per heavy atom. The van der Waals surface area contributed by atoms with Crippen LogP contribution < -0.4 is 5.73 Å². The topological polar surface area (TPSA) is 88.8 Å². The van der Waals surface area contributed by atoms with E-state index in [0.717, 1.165) is 41.6 Å². The fourth-order valence-corrected chi connectivity index (χ4v) is 5.75. The molecule has 0 unspecified atom stereocenters. The van der Waals surface area contributed by atoms with Crippen molar-refractivity contribution in [3.8, 4) is 0 Å². The number of aliphatic hydroxyl groups excluding tert-OH is 1. The number of benzene rings is 2. The highest BCUT2D eigenvalue weighted by Gasteiger charge is 2.17. The molecule has 41 heavy (non-hydrogen) atoms. The van der Waals surface area contributed by atoms with Gasteiger partial charge in [-0.15, -0.1) is 11.3 Å². The first-order valence-electron chi connectivity index (χ1n) is 14.3. The predicted molar refractivity (Wildman–Crippen MR) is 175 cm³/mol. The lowest BCUT2D eigenvalue weighted by molar-refractivity contribution is 0.394. The third-order valence-electron chi connectivity index (χ3n) is 7.27. The Morgan fingerprint density at radius 2 is 1.85 bits per heavy atom. The summed E-state index contributed by atoms with van der Waals surface area (Å²) in [5.41, 5.74) is 14.1. The van der Waals surface area contributed by atoms with Gasteiger partial charge in [-0.25, -0.2) is 9.98 Å². The number of aliphatic hydroxyl groups is 1. The lowest BCUT2D eigenvalue weighted by atomic mass is 10.1. The Morgan fingerprint density at radius 3 is 2.59 bits per heavy atom. The number of aliphatic imine (C=N–C) groups is 2. The molecule has 0 fully saturated rings. The molecule has 0 atom stereocenters. The normalized spacial score (nSPS) is 13.4. The number of hydrogen-bond donors (Lipinski definition) is 2. The zero-order chi connectivity index (χ0) is 29.4. The summed E-state index contributed by atoms with van der Waals surface area (Å²) in [5, 5.41) is 13.0. The molecule has 0 amide bonds. The fourth-order valence-electron chi connectivity index (χ4n) is 4.72. The summed E-state index contributed by atoms with van der Waals surface area (Å²) in [6.07, 6.45) is 9.13. The smallest absolute Gasteiger partial charge is 0.164 e. The van der Waals surface area contributed by atoms with Gasteiger partial charge >= 0.3 is 0 Å². The molecule has 4 rings (SSSR count). The van der Waals surface area contributed by atoms with Crippen molar-refractivity contribution >= 4 is 38.8 Å². The van der Waals surface area contributed by atoms with Crippen LogP contribution in [0.5, 0.6) is 0 Å². The van der Waals surface area contributed by atoms with Gasteiger partial charge in [-0.3, -0.25) is 4.99 Å². The molecule has 6 nitrogen and oxygen atoms in total. The average Bonchev–Trinajstić information content (AvgIpc) is 3.58. The van der Waals surface area contributed by atoms with Crippen molar-refractivity contribution in [1.29, 1.82) is 0 Å². The number of nitrogens with two attached hydrogens (primary N) is 1. The molecule has 0 aliphatic carbocycles. The summed E-state index contributed by atoms with van der Waals surface area (Å²) < 4.78 is 3.25. The maximum atomic E-state index is 9.76. The lowest BCUT2D eigenvalue weighted by Gasteiger charge is -2.09. The molecule has 2 heterocycles. The van der Waals surface area contributed by atoms with E-state index in [0.29, 0.717) is 36.9 Å². The standard InChI is InChI=1S/C34H41N5OS/c1-6-26(17-18-28(40)7-2)11-9-19-36-25(5)32-34(39(22-37-32)20-27-15-13-23(3)14-16-27)38-33(35)29-21-41-30-12-8-10-24(4)31(29)30/h8,10,12-18,21-22,40H,6-7,9,11,19-20H2,1-5H3,(H2,35,38)/b26-17+,28-18+,36-25?. The zero-order valence-electron chi connectivity index (χ0n) is 24.8. The molecule has 0 aliphatic heterocycles. The highest BCUT2D eigenvalue weighted by atomic mass is 32.1. The third kappa shape index (κ3) is 7.61. The Hall–Kier alpha value is -3.97. The van der Waals surface area contributed by atoms with E-state index in [9.17, 15) is 5.11 Å². The van der Waals surface area contributed by atoms with Gasteiger partial charge in [-0.1, -0.05) is 67.5 Å². The molecule has 2 aromatic heterocycles. The molecule has 0 saturated heterocycles. The molecule has 2 aromatic carbocycles. The van der Waals surface area contributed by atoms with Gasteiger partial charge in [0.2, 0.25) is 0 Å². The SMILES string of the molecule is CC/C(O)=C\C=C(/CC)CCCN=C(C)c1ncn(Cc2ccc(C)cc2)c1N=C(N)c1csc2cccc(C)c12. The number of aryl methyl sites for hydroxylation is 2. The molecule has 4 aromatic rings. The van der Waals surface area contributed by atoms with Crippen molar-refractivity contribution in [2.75, 3.05) is 6.54 Å². The minimum absolute atomic E-state index is 0.406. The van der Waals surface area contributed by atoms with Crippen LogP contribution in [0.2, 0.25) is 0 Å². The predicted octanol–water partition coefficient (Wildman–Crippen LogP) is 8.58. The van der Waals surface area contributed by atoms with Crippen LogP contribution in [0, 0.1) is 13.8 Å². The van der Waals surface area contributed by atoms with Gasteiger partial charge in [0, 0.05) is 34.0 Å². The summed E-state index contributed by atoms with van der Waals surface area (Å²) in [6, 6.07) is 14.8. The van der Waals surface area contributed by atoms with Crippen LogP contribution in [0.25, 0.3) is 10.1 Å². The van der Waals surface area contributed by atoms with Crippen molar-refractivity contribution in [1.82, 2.24) is 9.55 Å². The van der Waals surface area contributed by atoms with Crippen LogP contribution in [-0.2, 0) is 6.54 Å². The zero-order valence-corrected chi connectivity index (χ0v) is 25.6. The Balaban J connectivity index is 1.63. The van der Waals surface area contributed by atoms with Gasteiger partial charge in [0.25, 0.3) is 0 Å². The molecule has 0 radical (unpaired) electrons. The number of fused-ring (bicyclic) bond motifs is 1. The first-order valence-corrected chi connectivity index (χ1v) is 15.2. The highest BCUT2D eigenvalue weighted by molar-refractivity contribution is 7.17. The van der Waals surface area contributed by atoms with Gasteiger partial charge in [-0.2, -0.15) is 0 Å². The van der Waals surface area contributed by atoms with Crippen LogP contribution in [0.3, 0.4) is 0 Å². The lowest BCUT2D eigenvalue weighted by Crippen LogP contribution is -2.14. The molecule has 0 saturated carbocycles. The second-order valence-electron chi connectivity index (χ2n) is 10.4. The van der Waals surface area contributed by atoms with Crippen LogP contribution in [0.1, 0.15) is 74.4 Å². The number of hydrogen-bond acceptors (Lipinski definition) is 5. The number of aromatic nitrogens is 2. The highest BCUT2D eigenvalue weighted by Crippen LogP contribution is 2.30. The molecular formula is C34H41N5OS. The van der Waals surface area contributed by atoms with E-state index in [4.69, 9.17) is 20.7 Å².